The number of methoxy groups -OCH3 is 1. The van der Waals surface area contributed by atoms with Crippen molar-refractivity contribution in [1.29, 1.82) is 0 Å². The Balaban J connectivity index is 1.93. The van der Waals surface area contributed by atoms with Gasteiger partial charge in [0, 0.05) is 42.7 Å². The van der Waals surface area contributed by atoms with Crippen LogP contribution >= 0.6 is 23.4 Å². The van der Waals surface area contributed by atoms with Gasteiger partial charge in [0.2, 0.25) is 0 Å². The molecular formula is C23H21ClN4O4S. The first-order valence-electron chi connectivity index (χ1n) is 9.98. The van der Waals surface area contributed by atoms with Crippen molar-refractivity contribution in [1.82, 2.24) is 18.7 Å². The number of fused-ring (bicyclic) bond motifs is 1. The first kappa shape index (κ1) is 22.9. The summed E-state index contributed by atoms with van der Waals surface area (Å²) >= 11 is 7.52. The molecule has 10 heteroatoms. The van der Waals surface area contributed by atoms with Gasteiger partial charge in [0.25, 0.3) is 11.1 Å². The van der Waals surface area contributed by atoms with Gasteiger partial charge in [0.1, 0.15) is 5.75 Å². The molecule has 2 heterocycles. The van der Waals surface area contributed by atoms with Crippen LogP contribution < -0.4 is 21.5 Å². The van der Waals surface area contributed by atoms with Crippen molar-refractivity contribution >= 4 is 34.3 Å². The average molecular weight is 485 g/mol. The van der Waals surface area contributed by atoms with Gasteiger partial charge in [-0.25, -0.2) is 9.78 Å². The molecule has 0 aliphatic heterocycles. The average Bonchev–Trinajstić information content (AvgIpc) is 2.81. The maximum Gasteiger partial charge on any atom is 0.330 e. The van der Waals surface area contributed by atoms with Gasteiger partial charge in [-0.2, -0.15) is 0 Å². The number of benzene rings is 2. The van der Waals surface area contributed by atoms with Crippen LogP contribution in [0.4, 0.5) is 0 Å². The number of para-hydroxylation sites is 1. The van der Waals surface area contributed by atoms with Gasteiger partial charge >= 0.3 is 5.69 Å². The number of thioether (sulfide) groups is 1. The van der Waals surface area contributed by atoms with Crippen LogP contribution in [0.1, 0.15) is 11.3 Å². The minimum absolute atomic E-state index is 0.251. The smallest absolute Gasteiger partial charge is 0.330 e. The van der Waals surface area contributed by atoms with E-state index in [1.165, 1.54) is 41.1 Å². The van der Waals surface area contributed by atoms with E-state index in [2.05, 4.69) is 0 Å². The first-order chi connectivity index (χ1) is 15.7. The molecule has 4 aromatic rings. The summed E-state index contributed by atoms with van der Waals surface area (Å²) in [6.45, 7) is 1.84. The molecule has 0 atom stereocenters. The first-order valence-corrected chi connectivity index (χ1v) is 11.3. The summed E-state index contributed by atoms with van der Waals surface area (Å²) < 4.78 is 9.44. The SMILES string of the molecule is COc1cc(Cl)c(C)cc1-n1c(SCc2cc(=O)n(C)c(=O)n2C)nc2ccccc2c1=O. The number of halogens is 1. The number of ether oxygens (including phenoxy) is 1. The molecule has 0 N–H and O–H groups in total. The Morgan fingerprint density at radius 2 is 1.79 bits per heavy atom. The Bertz CT molecular complexity index is 1570. The fourth-order valence-electron chi connectivity index (χ4n) is 3.46. The standard InChI is InChI=1S/C23H21ClN4O4S/c1-13-9-18(19(32-4)11-16(13)24)28-21(30)15-7-5-6-8-17(15)25-22(28)33-12-14-10-20(29)27(3)23(31)26(14)2/h5-11H,12H2,1-4H3. The molecule has 170 valence electrons. The molecule has 0 saturated carbocycles. The predicted molar refractivity (Wildman–Crippen MR) is 130 cm³/mol. The van der Waals surface area contributed by atoms with Crippen molar-refractivity contribution in [3.05, 3.63) is 89.9 Å². The van der Waals surface area contributed by atoms with Crippen LogP contribution in [0.5, 0.6) is 5.75 Å². The molecule has 0 amide bonds. The summed E-state index contributed by atoms with van der Waals surface area (Å²) in [5.74, 6) is 0.675. The molecule has 0 saturated heterocycles. The molecule has 0 spiro atoms. The van der Waals surface area contributed by atoms with E-state index in [0.717, 1.165) is 10.1 Å². The number of aryl methyl sites for hydroxylation is 1. The molecular weight excluding hydrogens is 464 g/mol. The number of rotatable bonds is 5. The lowest BCUT2D eigenvalue weighted by Gasteiger charge is -2.17. The van der Waals surface area contributed by atoms with Gasteiger partial charge in [0.05, 0.1) is 23.7 Å². The van der Waals surface area contributed by atoms with E-state index in [1.54, 1.807) is 37.4 Å². The largest absolute Gasteiger partial charge is 0.495 e. The fraction of sp³-hybridized carbons (Fsp3) is 0.217. The lowest BCUT2D eigenvalue weighted by molar-refractivity contribution is 0.411. The molecule has 0 radical (unpaired) electrons. The van der Waals surface area contributed by atoms with Crippen LogP contribution in [0, 0.1) is 6.92 Å². The summed E-state index contributed by atoms with van der Waals surface area (Å²) in [5, 5.41) is 1.37. The van der Waals surface area contributed by atoms with E-state index >= 15 is 0 Å². The number of aromatic nitrogens is 4. The normalized spacial score (nSPS) is 11.2. The van der Waals surface area contributed by atoms with Crippen LogP contribution in [0.2, 0.25) is 5.02 Å². The van der Waals surface area contributed by atoms with Crippen molar-refractivity contribution < 1.29 is 4.74 Å². The second kappa shape index (κ2) is 8.92. The van der Waals surface area contributed by atoms with Crippen molar-refractivity contribution in [2.24, 2.45) is 14.1 Å². The van der Waals surface area contributed by atoms with Crippen LogP contribution in [0.25, 0.3) is 16.6 Å². The van der Waals surface area contributed by atoms with E-state index in [9.17, 15) is 14.4 Å². The Kier molecular flexibility index (Phi) is 6.18. The lowest BCUT2D eigenvalue weighted by Crippen LogP contribution is -2.37. The third kappa shape index (κ3) is 4.09. The Hall–Kier alpha value is -3.30. The van der Waals surface area contributed by atoms with Gasteiger partial charge in [0.15, 0.2) is 5.16 Å². The number of hydrogen-bond acceptors (Lipinski definition) is 6. The Morgan fingerprint density at radius 3 is 2.52 bits per heavy atom. The summed E-state index contributed by atoms with van der Waals surface area (Å²) in [6.07, 6.45) is 0. The highest BCUT2D eigenvalue weighted by Gasteiger charge is 2.19. The van der Waals surface area contributed by atoms with Crippen molar-refractivity contribution in [3.8, 4) is 11.4 Å². The van der Waals surface area contributed by atoms with Gasteiger partial charge in [-0.05, 0) is 30.7 Å². The molecule has 2 aromatic heterocycles. The molecule has 0 aliphatic carbocycles. The highest BCUT2D eigenvalue weighted by molar-refractivity contribution is 7.98. The monoisotopic (exact) mass is 484 g/mol. The van der Waals surface area contributed by atoms with Crippen LogP contribution in [0.3, 0.4) is 0 Å². The van der Waals surface area contributed by atoms with Crippen molar-refractivity contribution in [3.63, 3.8) is 0 Å². The fourth-order valence-corrected chi connectivity index (χ4v) is 4.64. The highest BCUT2D eigenvalue weighted by Crippen LogP contribution is 2.32. The molecule has 0 unspecified atom stereocenters. The van der Waals surface area contributed by atoms with Gasteiger partial charge in [-0.15, -0.1) is 0 Å². The van der Waals surface area contributed by atoms with Crippen molar-refractivity contribution in [2.75, 3.05) is 7.11 Å². The van der Waals surface area contributed by atoms with E-state index < -0.39 is 11.2 Å². The zero-order valence-electron chi connectivity index (χ0n) is 18.5. The number of hydrogen-bond donors (Lipinski definition) is 0. The maximum absolute atomic E-state index is 13.6. The van der Waals surface area contributed by atoms with Gasteiger partial charge in [-0.3, -0.25) is 23.3 Å². The molecule has 0 fully saturated rings. The third-order valence-electron chi connectivity index (χ3n) is 5.42. The number of nitrogens with zero attached hydrogens (tertiary/aromatic N) is 4. The Morgan fingerprint density at radius 1 is 1.06 bits per heavy atom. The maximum atomic E-state index is 13.6. The summed E-state index contributed by atoms with van der Waals surface area (Å²) in [5.41, 5.74) is 1.26. The Labute approximate surface area is 198 Å². The van der Waals surface area contributed by atoms with Crippen LogP contribution in [0.15, 0.2) is 62.0 Å². The summed E-state index contributed by atoms with van der Waals surface area (Å²) in [6, 6.07) is 11.9. The molecule has 8 nitrogen and oxygen atoms in total. The predicted octanol–water partition coefficient (Wildman–Crippen LogP) is 3.05. The second-order valence-corrected chi connectivity index (χ2v) is 8.84. The van der Waals surface area contributed by atoms with Gasteiger partial charge < -0.3 is 4.74 Å². The summed E-state index contributed by atoms with van der Waals surface area (Å²) in [7, 11) is 4.54. The molecule has 4 rings (SSSR count). The minimum atomic E-state index is -0.419. The van der Waals surface area contributed by atoms with Crippen LogP contribution in [-0.4, -0.2) is 25.8 Å². The van der Waals surface area contributed by atoms with E-state index in [4.69, 9.17) is 21.3 Å². The van der Waals surface area contributed by atoms with Crippen LogP contribution in [-0.2, 0) is 19.8 Å². The molecule has 0 aliphatic rings. The molecule has 33 heavy (non-hydrogen) atoms. The summed E-state index contributed by atoms with van der Waals surface area (Å²) in [4.78, 5) is 42.7. The van der Waals surface area contributed by atoms with E-state index in [0.29, 0.717) is 38.2 Å². The lowest BCUT2D eigenvalue weighted by atomic mass is 10.2. The quantitative estimate of drug-likeness (QED) is 0.319. The zero-order chi connectivity index (χ0) is 23.9. The van der Waals surface area contributed by atoms with E-state index in [1.807, 2.05) is 13.0 Å². The zero-order valence-corrected chi connectivity index (χ0v) is 20.0. The van der Waals surface area contributed by atoms with Gasteiger partial charge in [-0.1, -0.05) is 35.5 Å². The third-order valence-corrected chi connectivity index (χ3v) is 6.80. The minimum Gasteiger partial charge on any atom is -0.495 e. The molecule has 2 aromatic carbocycles. The highest BCUT2D eigenvalue weighted by atomic mass is 35.5. The van der Waals surface area contributed by atoms with Crippen molar-refractivity contribution in [2.45, 2.75) is 17.8 Å². The topological polar surface area (TPSA) is 88.1 Å². The van der Waals surface area contributed by atoms with E-state index in [-0.39, 0.29) is 11.3 Å². The molecule has 0 bridgehead atoms. The second-order valence-electron chi connectivity index (χ2n) is 7.49.